The fourth-order valence-corrected chi connectivity index (χ4v) is 2.73. The highest BCUT2D eigenvalue weighted by Crippen LogP contribution is 2.37. The van der Waals surface area contributed by atoms with Crippen molar-refractivity contribution in [1.29, 1.82) is 0 Å². The molecule has 4 nitrogen and oxygen atoms in total. The Morgan fingerprint density at radius 2 is 2.00 bits per heavy atom. The van der Waals surface area contributed by atoms with Gasteiger partial charge in [0.25, 0.3) is 0 Å². The van der Waals surface area contributed by atoms with Crippen molar-refractivity contribution in [1.82, 2.24) is 4.90 Å². The summed E-state index contributed by atoms with van der Waals surface area (Å²) >= 11 is 0. The van der Waals surface area contributed by atoms with E-state index in [1.165, 1.54) is 5.56 Å². The van der Waals surface area contributed by atoms with E-state index in [9.17, 15) is 0 Å². The molecule has 0 amide bonds. The maximum Gasteiger partial charge on any atom is 0.161 e. The number of rotatable bonds is 4. The maximum absolute atomic E-state index is 5.77. The third-order valence-corrected chi connectivity index (χ3v) is 3.76. The van der Waals surface area contributed by atoms with Crippen molar-refractivity contribution < 1.29 is 9.47 Å². The lowest BCUT2D eigenvalue weighted by molar-refractivity contribution is 0.310. The summed E-state index contributed by atoms with van der Waals surface area (Å²) in [5.74, 6) is 2.16. The van der Waals surface area contributed by atoms with Crippen LogP contribution in [0.2, 0.25) is 0 Å². The molecule has 1 aromatic rings. The first-order valence-corrected chi connectivity index (χ1v) is 6.31. The Labute approximate surface area is 109 Å². The van der Waals surface area contributed by atoms with Gasteiger partial charge in [-0.3, -0.25) is 4.90 Å². The van der Waals surface area contributed by atoms with Crippen molar-refractivity contribution >= 4 is 0 Å². The Hall–Kier alpha value is -1.26. The molecule has 1 fully saturated rings. The second-order valence-corrected chi connectivity index (χ2v) is 4.91. The third-order valence-electron chi connectivity index (χ3n) is 3.76. The summed E-state index contributed by atoms with van der Waals surface area (Å²) in [7, 11) is 5.48. The standard InChI is InChI=1S/C14H22N2O2/c1-16-9-10(8-15)6-12(16)11-4-5-13(17-2)14(7-11)18-3/h4-5,7,10,12H,6,8-9,15H2,1-3H3. The Morgan fingerprint density at radius 1 is 1.28 bits per heavy atom. The topological polar surface area (TPSA) is 47.7 Å². The molecule has 0 aliphatic carbocycles. The summed E-state index contributed by atoms with van der Waals surface area (Å²) in [6.07, 6.45) is 1.11. The Bertz CT molecular complexity index is 409. The van der Waals surface area contributed by atoms with Crippen molar-refractivity contribution in [2.75, 3.05) is 34.4 Å². The van der Waals surface area contributed by atoms with Gasteiger partial charge in [-0.2, -0.15) is 0 Å². The Kier molecular flexibility index (Phi) is 4.09. The van der Waals surface area contributed by atoms with Crippen molar-refractivity contribution in [2.24, 2.45) is 11.7 Å². The molecule has 0 bridgehead atoms. The van der Waals surface area contributed by atoms with E-state index in [1.807, 2.05) is 6.07 Å². The van der Waals surface area contributed by atoms with Crippen LogP contribution in [0.3, 0.4) is 0 Å². The van der Waals surface area contributed by atoms with E-state index in [0.717, 1.165) is 31.0 Å². The molecular weight excluding hydrogens is 228 g/mol. The summed E-state index contributed by atoms with van der Waals surface area (Å²) in [5, 5.41) is 0. The maximum atomic E-state index is 5.77. The molecule has 100 valence electrons. The molecule has 2 N–H and O–H groups in total. The van der Waals surface area contributed by atoms with E-state index >= 15 is 0 Å². The Balaban J connectivity index is 2.23. The minimum absolute atomic E-state index is 0.429. The molecule has 0 spiro atoms. The summed E-state index contributed by atoms with van der Waals surface area (Å²) in [4.78, 5) is 2.36. The van der Waals surface area contributed by atoms with Crippen LogP contribution in [0.15, 0.2) is 18.2 Å². The van der Waals surface area contributed by atoms with Gasteiger partial charge in [0, 0.05) is 12.6 Å². The molecule has 0 aromatic heterocycles. The summed E-state index contributed by atoms with van der Waals surface area (Å²) in [6.45, 7) is 1.82. The van der Waals surface area contributed by atoms with Crippen molar-refractivity contribution in [3.05, 3.63) is 23.8 Å². The van der Waals surface area contributed by atoms with E-state index in [4.69, 9.17) is 15.2 Å². The van der Waals surface area contributed by atoms with E-state index < -0.39 is 0 Å². The summed E-state index contributed by atoms with van der Waals surface area (Å²) in [5.41, 5.74) is 7.04. The monoisotopic (exact) mass is 250 g/mol. The van der Waals surface area contributed by atoms with Gasteiger partial charge >= 0.3 is 0 Å². The van der Waals surface area contributed by atoms with Gasteiger partial charge in [-0.15, -0.1) is 0 Å². The van der Waals surface area contributed by atoms with Crippen LogP contribution in [0.4, 0.5) is 0 Å². The van der Waals surface area contributed by atoms with Gasteiger partial charge in [-0.1, -0.05) is 6.07 Å². The van der Waals surface area contributed by atoms with Crippen LogP contribution in [-0.4, -0.2) is 39.3 Å². The highest BCUT2D eigenvalue weighted by atomic mass is 16.5. The highest BCUT2D eigenvalue weighted by molar-refractivity contribution is 5.44. The molecule has 4 heteroatoms. The minimum Gasteiger partial charge on any atom is -0.493 e. The molecule has 18 heavy (non-hydrogen) atoms. The second-order valence-electron chi connectivity index (χ2n) is 4.91. The summed E-state index contributed by atoms with van der Waals surface area (Å²) < 4.78 is 10.6. The first kappa shape index (κ1) is 13.2. The van der Waals surface area contributed by atoms with E-state index in [2.05, 4.69) is 24.1 Å². The number of ether oxygens (including phenoxy) is 2. The third kappa shape index (κ3) is 2.44. The number of hydrogen-bond donors (Lipinski definition) is 1. The number of benzene rings is 1. The SMILES string of the molecule is COc1ccc(C2CC(CN)CN2C)cc1OC. The lowest BCUT2D eigenvalue weighted by Gasteiger charge is -2.20. The van der Waals surface area contributed by atoms with Crippen LogP contribution in [0.1, 0.15) is 18.0 Å². The van der Waals surface area contributed by atoms with Gasteiger partial charge in [0.1, 0.15) is 0 Å². The van der Waals surface area contributed by atoms with Crippen LogP contribution in [0, 0.1) is 5.92 Å². The number of nitrogens with two attached hydrogens (primary N) is 1. The number of likely N-dealkylation sites (tertiary alicyclic amines) is 1. The van der Waals surface area contributed by atoms with Gasteiger partial charge in [0.2, 0.25) is 0 Å². The number of hydrogen-bond acceptors (Lipinski definition) is 4. The smallest absolute Gasteiger partial charge is 0.161 e. The van der Waals surface area contributed by atoms with Crippen LogP contribution in [-0.2, 0) is 0 Å². The van der Waals surface area contributed by atoms with Crippen molar-refractivity contribution in [2.45, 2.75) is 12.5 Å². The fourth-order valence-electron chi connectivity index (χ4n) is 2.73. The minimum atomic E-state index is 0.429. The van der Waals surface area contributed by atoms with Gasteiger partial charge in [0.05, 0.1) is 14.2 Å². The van der Waals surface area contributed by atoms with E-state index in [0.29, 0.717) is 12.0 Å². The molecule has 1 aliphatic heterocycles. The van der Waals surface area contributed by atoms with Gasteiger partial charge in [0.15, 0.2) is 11.5 Å². The highest BCUT2D eigenvalue weighted by Gasteiger charge is 2.30. The zero-order chi connectivity index (χ0) is 13.1. The van der Waals surface area contributed by atoms with E-state index in [-0.39, 0.29) is 0 Å². The van der Waals surface area contributed by atoms with Gasteiger partial charge in [-0.05, 0) is 43.6 Å². The van der Waals surface area contributed by atoms with Crippen molar-refractivity contribution in [3.8, 4) is 11.5 Å². The van der Waals surface area contributed by atoms with Gasteiger partial charge in [-0.25, -0.2) is 0 Å². The molecule has 1 saturated heterocycles. The average Bonchev–Trinajstić information content (AvgIpc) is 2.79. The zero-order valence-electron chi connectivity index (χ0n) is 11.3. The molecule has 1 aromatic carbocycles. The molecular formula is C14H22N2O2. The predicted molar refractivity (Wildman–Crippen MR) is 72.1 cm³/mol. The Morgan fingerprint density at radius 3 is 2.56 bits per heavy atom. The molecule has 1 aliphatic rings. The fraction of sp³-hybridized carbons (Fsp3) is 0.571. The van der Waals surface area contributed by atoms with E-state index in [1.54, 1.807) is 14.2 Å². The summed E-state index contributed by atoms with van der Waals surface area (Å²) in [6, 6.07) is 6.58. The second kappa shape index (κ2) is 5.59. The molecule has 0 radical (unpaired) electrons. The first-order chi connectivity index (χ1) is 8.69. The molecule has 2 rings (SSSR count). The van der Waals surface area contributed by atoms with Crippen LogP contribution in [0.25, 0.3) is 0 Å². The van der Waals surface area contributed by atoms with Gasteiger partial charge < -0.3 is 15.2 Å². The normalized spacial score (nSPS) is 24.2. The van der Waals surface area contributed by atoms with Crippen LogP contribution in [0.5, 0.6) is 11.5 Å². The molecule has 0 saturated carbocycles. The lowest BCUT2D eigenvalue weighted by Crippen LogP contribution is -2.20. The van der Waals surface area contributed by atoms with Crippen molar-refractivity contribution in [3.63, 3.8) is 0 Å². The molecule has 2 unspecified atom stereocenters. The predicted octanol–water partition coefficient (Wildman–Crippen LogP) is 1.66. The largest absolute Gasteiger partial charge is 0.493 e. The van der Waals surface area contributed by atoms with Crippen LogP contribution >= 0.6 is 0 Å². The number of methoxy groups -OCH3 is 2. The first-order valence-electron chi connectivity index (χ1n) is 6.31. The lowest BCUT2D eigenvalue weighted by atomic mass is 9.99. The molecule has 1 heterocycles. The molecule has 2 atom stereocenters. The average molecular weight is 250 g/mol. The number of nitrogens with zero attached hydrogens (tertiary/aromatic N) is 1. The quantitative estimate of drug-likeness (QED) is 0.883. The van der Waals surface area contributed by atoms with Crippen LogP contribution < -0.4 is 15.2 Å². The zero-order valence-corrected chi connectivity index (χ0v) is 11.3.